The van der Waals surface area contributed by atoms with E-state index in [1.54, 1.807) is 34.1 Å². The molecule has 2 aromatic rings. The average Bonchev–Trinajstić information content (AvgIpc) is 2.63. The molecule has 1 aliphatic rings. The van der Waals surface area contributed by atoms with Gasteiger partial charge >= 0.3 is 6.03 Å². The molecule has 0 atom stereocenters. The molecular weight excluding hydrogens is 338 g/mol. The van der Waals surface area contributed by atoms with Gasteiger partial charge in [0.15, 0.2) is 0 Å². The first-order chi connectivity index (χ1) is 12.0. The first-order valence-electron chi connectivity index (χ1n) is 8.21. The van der Waals surface area contributed by atoms with E-state index in [1.807, 2.05) is 31.2 Å². The molecule has 3 rings (SSSR count). The van der Waals surface area contributed by atoms with Gasteiger partial charge in [-0.3, -0.25) is 4.79 Å². The van der Waals surface area contributed by atoms with Crippen molar-refractivity contribution < 1.29 is 9.59 Å². The molecule has 2 aromatic carbocycles. The maximum atomic E-state index is 12.6. The van der Waals surface area contributed by atoms with Gasteiger partial charge in [-0.1, -0.05) is 29.8 Å². The molecule has 130 valence electrons. The second-order valence-corrected chi connectivity index (χ2v) is 6.47. The van der Waals surface area contributed by atoms with E-state index in [-0.39, 0.29) is 11.9 Å². The van der Waals surface area contributed by atoms with Crippen LogP contribution in [-0.4, -0.2) is 47.9 Å². The SMILES string of the molecule is Cc1ccccc1C(=O)N1CCN(C(=O)Nc2ccc(Cl)cc2)CC1. The summed E-state index contributed by atoms with van der Waals surface area (Å²) in [4.78, 5) is 28.5. The third-order valence-electron chi connectivity index (χ3n) is 4.33. The van der Waals surface area contributed by atoms with E-state index in [2.05, 4.69) is 5.32 Å². The number of halogens is 1. The molecule has 0 bridgehead atoms. The minimum Gasteiger partial charge on any atom is -0.335 e. The Morgan fingerprint density at radius 2 is 1.52 bits per heavy atom. The number of hydrogen-bond acceptors (Lipinski definition) is 2. The van der Waals surface area contributed by atoms with Crippen molar-refractivity contribution in [2.45, 2.75) is 6.92 Å². The van der Waals surface area contributed by atoms with Crippen molar-refractivity contribution in [3.05, 3.63) is 64.7 Å². The molecule has 1 heterocycles. The van der Waals surface area contributed by atoms with Crippen molar-refractivity contribution in [3.8, 4) is 0 Å². The summed E-state index contributed by atoms with van der Waals surface area (Å²) in [6.45, 7) is 4.01. The van der Waals surface area contributed by atoms with Gasteiger partial charge in [0.2, 0.25) is 0 Å². The number of hydrogen-bond donors (Lipinski definition) is 1. The highest BCUT2D eigenvalue weighted by Gasteiger charge is 2.25. The molecule has 6 heteroatoms. The number of carbonyl (C=O) groups excluding carboxylic acids is 2. The topological polar surface area (TPSA) is 52.7 Å². The maximum Gasteiger partial charge on any atom is 0.321 e. The Morgan fingerprint density at radius 3 is 2.16 bits per heavy atom. The third-order valence-corrected chi connectivity index (χ3v) is 4.58. The summed E-state index contributed by atoms with van der Waals surface area (Å²) in [6, 6.07) is 14.4. The first kappa shape index (κ1) is 17.3. The number of urea groups is 1. The van der Waals surface area contributed by atoms with Crippen molar-refractivity contribution >= 4 is 29.2 Å². The molecule has 1 aliphatic heterocycles. The summed E-state index contributed by atoms with van der Waals surface area (Å²) in [5.41, 5.74) is 2.39. The van der Waals surface area contributed by atoms with E-state index < -0.39 is 0 Å². The Balaban J connectivity index is 1.56. The Morgan fingerprint density at radius 1 is 0.920 bits per heavy atom. The summed E-state index contributed by atoms with van der Waals surface area (Å²) in [5.74, 6) is 0.0239. The normalized spacial score (nSPS) is 14.3. The minimum absolute atomic E-state index is 0.0239. The van der Waals surface area contributed by atoms with Crippen molar-refractivity contribution in [3.63, 3.8) is 0 Å². The second kappa shape index (κ2) is 7.57. The highest BCUT2D eigenvalue weighted by molar-refractivity contribution is 6.30. The van der Waals surface area contributed by atoms with Crippen LogP contribution in [0.15, 0.2) is 48.5 Å². The smallest absolute Gasteiger partial charge is 0.321 e. The molecule has 0 unspecified atom stereocenters. The van der Waals surface area contributed by atoms with Crippen LogP contribution in [0.3, 0.4) is 0 Å². The van der Waals surface area contributed by atoms with Crippen LogP contribution in [0.1, 0.15) is 15.9 Å². The molecule has 1 fully saturated rings. The molecule has 1 N–H and O–H groups in total. The summed E-state index contributed by atoms with van der Waals surface area (Å²) < 4.78 is 0. The Hall–Kier alpha value is -2.53. The average molecular weight is 358 g/mol. The Kier molecular flexibility index (Phi) is 5.24. The maximum absolute atomic E-state index is 12.6. The molecular formula is C19H20ClN3O2. The molecule has 0 saturated carbocycles. The molecule has 5 nitrogen and oxygen atoms in total. The molecule has 0 radical (unpaired) electrons. The number of rotatable bonds is 2. The van der Waals surface area contributed by atoms with Gasteiger partial charge in [0.1, 0.15) is 0 Å². The third kappa shape index (κ3) is 4.12. The van der Waals surface area contributed by atoms with Gasteiger partial charge in [0, 0.05) is 42.5 Å². The lowest BCUT2D eigenvalue weighted by Crippen LogP contribution is -2.51. The van der Waals surface area contributed by atoms with Gasteiger partial charge in [-0.2, -0.15) is 0 Å². The van der Waals surface area contributed by atoms with Crippen LogP contribution in [0, 0.1) is 6.92 Å². The second-order valence-electron chi connectivity index (χ2n) is 6.03. The molecule has 0 spiro atoms. The van der Waals surface area contributed by atoms with Gasteiger partial charge in [-0.25, -0.2) is 4.79 Å². The van der Waals surface area contributed by atoms with Gasteiger partial charge < -0.3 is 15.1 Å². The van der Waals surface area contributed by atoms with Crippen molar-refractivity contribution in [2.24, 2.45) is 0 Å². The van der Waals surface area contributed by atoms with Crippen LogP contribution >= 0.6 is 11.6 Å². The van der Waals surface area contributed by atoms with Crippen LogP contribution < -0.4 is 5.32 Å². The number of nitrogens with one attached hydrogen (secondary N) is 1. The monoisotopic (exact) mass is 357 g/mol. The van der Waals surface area contributed by atoms with Crippen LogP contribution in [0.2, 0.25) is 5.02 Å². The molecule has 1 saturated heterocycles. The van der Waals surface area contributed by atoms with Gasteiger partial charge in [0.05, 0.1) is 0 Å². The zero-order valence-electron chi connectivity index (χ0n) is 14.0. The zero-order valence-corrected chi connectivity index (χ0v) is 14.8. The van der Waals surface area contributed by atoms with Crippen LogP contribution in [0.25, 0.3) is 0 Å². The number of amides is 3. The van der Waals surface area contributed by atoms with Crippen LogP contribution in [-0.2, 0) is 0 Å². The molecule has 25 heavy (non-hydrogen) atoms. The summed E-state index contributed by atoms with van der Waals surface area (Å²) in [7, 11) is 0. The molecule has 0 aliphatic carbocycles. The lowest BCUT2D eigenvalue weighted by Gasteiger charge is -2.35. The standard InChI is InChI=1S/C19H20ClN3O2/c1-14-4-2-3-5-17(14)18(24)22-10-12-23(13-11-22)19(25)21-16-8-6-15(20)7-9-16/h2-9H,10-13H2,1H3,(H,21,25). The predicted molar refractivity (Wildman–Crippen MR) is 99.1 cm³/mol. The van der Waals surface area contributed by atoms with E-state index >= 15 is 0 Å². The lowest BCUT2D eigenvalue weighted by molar-refractivity contribution is 0.0671. The first-order valence-corrected chi connectivity index (χ1v) is 8.59. The van der Waals surface area contributed by atoms with Gasteiger partial charge in [0.25, 0.3) is 5.91 Å². The van der Waals surface area contributed by atoms with Crippen molar-refractivity contribution in [1.29, 1.82) is 0 Å². The number of piperazine rings is 1. The number of carbonyl (C=O) groups is 2. The van der Waals surface area contributed by atoms with E-state index in [0.717, 1.165) is 11.1 Å². The minimum atomic E-state index is -0.162. The number of nitrogens with zero attached hydrogens (tertiary/aromatic N) is 2. The lowest BCUT2D eigenvalue weighted by atomic mass is 10.1. The largest absolute Gasteiger partial charge is 0.335 e. The highest BCUT2D eigenvalue weighted by Crippen LogP contribution is 2.16. The summed E-state index contributed by atoms with van der Waals surface area (Å²) in [5, 5.41) is 3.47. The quantitative estimate of drug-likeness (QED) is 0.892. The van der Waals surface area contributed by atoms with Crippen molar-refractivity contribution in [2.75, 3.05) is 31.5 Å². The highest BCUT2D eigenvalue weighted by atomic mass is 35.5. The van der Waals surface area contributed by atoms with E-state index in [1.165, 1.54) is 0 Å². The number of aryl methyl sites for hydroxylation is 1. The summed E-state index contributed by atoms with van der Waals surface area (Å²) >= 11 is 5.84. The van der Waals surface area contributed by atoms with E-state index in [4.69, 9.17) is 11.6 Å². The molecule has 0 aromatic heterocycles. The van der Waals surface area contributed by atoms with Crippen LogP contribution in [0.5, 0.6) is 0 Å². The van der Waals surface area contributed by atoms with E-state index in [0.29, 0.717) is 36.9 Å². The Bertz CT molecular complexity index is 768. The van der Waals surface area contributed by atoms with Gasteiger partial charge in [-0.05, 0) is 42.8 Å². The van der Waals surface area contributed by atoms with Crippen LogP contribution in [0.4, 0.5) is 10.5 Å². The van der Waals surface area contributed by atoms with Gasteiger partial charge in [-0.15, -0.1) is 0 Å². The van der Waals surface area contributed by atoms with Crippen molar-refractivity contribution in [1.82, 2.24) is 9.80 Å². The Labute approximate surface area is 152 Å². The number of anilines is 1. The zero-order chi connectivity index (χ0) is 17.8. The predicted octanol–water partition coefficient (Wildman–Crippen LogP) is 3.64. The molecule has 3 amide bonds. The fourth-order valence-corrected chi connectivity index (χ4v) is 2.96. The fraction of sp³-hybridized carbons (Fsp3) is 0.263. The summed E-state index contributed by atoms with van der Waals surface area (Å²) in [6.07, 6.45) is 0. The van der Waals surface area contributed by atoms with E-state index in [9.17, 15) is 9.59 Å². The fourth-order valence-electron chi connectivity index (χ4n) is 2.83. The number of benzene rings is 2.